The van der Waals surface area contributed by atoms with Crippen molar-refractivity contribution in [1.82, 2.24) is 14.7 Å². The molecular formula is C13H20BrN3O3. The third kappa shape index (κ3) is 3.05. The topological polar surface area (TPSA) is 67.6 Å². The Morgan fingerprint density at radius 3 is 2.90 bits per heavy atom. The van der Waals surface area contributed by atoms with Gasteiger partial charge >= 0.3 is 5.97 Å². The molecule has 1 fully saturated rings. The molecule has 1 aromatic rings. The molecule has 0 spiro atoms. The lowest BCUT2D eigenvalue weighted by Crippen LogP contribution is -2.49. The van der Waals surface area contributed by atoms with Crippen LogP contribution >= 0.6 is 15.9 Å². The van der Waals surface area contributed by atoms with Gasteiger partial charge in [-0.2, -0.15) is 5.10 Å². The Balaban J connectivity index is 2.23. The van der Waals surface area contributed by atoms with Crippen LogP contribution in [0.3, 0.4) is 0 Å². The number of carbonyl (C=O) groups is 1. The highest BCUT2D eigenvalue weighted by atomic mass is 79.9. The molecule has 0 aromatic carbocycles. The van der Waals surface area contributed by atoms with E-state index in [0.29, 0.717) is 19.7 Å². The van der Waals surface area contributed by atoms with Crippen LogP contribution in [0.2, 0.25) is 0 Å². The average molecular weight is 346 g/mol. The predicted octanol–water partition coefficient (Wildman–Crippen LogP) is 1.51. The molecule has 2 rings (SSSR count). The van der Waals surface area contributed by atoms with Gasteiger partial charge in [-0.05, 0) is 29.3 Å². The minimum atomic E-state index is -0.834. The number of nitrogens with zero attached hydrogens (tertiary/aromatic N) is 3. The van der Waals surface area contributed by atoms with Crippen molar-refractivity contribution in [1.29, 1.82) is 0 Å². The Kier molecular flexibility index (Phi) is 5.17. The number of ether oxygens (including phenoxy) is 1. The number of aliphatic carboxylic acids is 1. The Labute approximate surface area is 126 Å². The second-order valence-corrected chi connectivity index (χ2v) is 5.57. The minimum absolute atomic E-state index is 0.244. The highest BCUT2D eigenvalue weighted by molar-refractivity contribution is 9.10. The molecule has 0 bridgehead atoms. The number of morpholine rings is 1. The van der Waals surface area contributed by atoms with Gasteiger partial charge in [0.2, 0.25) is 0 Å². The van der Waals surface area contributed by atoms with Crippen LogP contribution in [-0.4, -0.2) is 51.6 Å². The lowest BCUT2D eigenvalue weighted by atomic mass is 10.2. The summed E-state index contributed by atoms with van der Waals surface area (Å²) >= 11 is 3.60. The molecule has 1 aliphatic rings. The van der Waals surface area contributed by atoms with E-state index in [1.54, 1.807) is 0 Å². The Hall–Kier alpha value is -0.920. The zero-order chi connectivity index (χ0) is 14.7. The first-order valence-corrected chi connectivity index (χ1v) is 7.66. The molecule has 1 N–H and O–H groups in total. The quantitative estimate of drug-likeness (QED) is 0.876. The first-order valence-electron chi connectivity index (χ1n) is 6.87. The van der Waals surface area contributed by atoms with Gasteiger partial charge in [-0.3, -0.25) is 14.4 Å². The van der Waals surface area contributed by atoms with E-state index < -0.39 is 12.0 Å². The lowest BCUT2D eigenvalue weighted by molar-refractivity contribution is -0.150. The van der Waals surface area contributed by atoms with Crippen molar-refractivity contribution in [3.05, 3.63) is 15.9 Å². The van der Waals surface area contributed by atoms with E-state index in [1.807, 2.05) is 16.5 Å². The van der Waals surface area contributed by atoms with E-state index in [0.717, 1.165) is 28.8 Å². The molecule has 7 heteroatoms. The van der Waals surface area contributed by atoms with Crippen LogP contribution < -0.4 is 0 Å². The van der Waals surface area contributed by atoms with Crippen LogP contribution in [-0.2, 0) is 29.0 Å². The molecule has 1 atom stereocenters. The van der Waals surface area contributed by atoms with Crippen molar-refractivity contribution in [3.63, 3.8) is 0 Å². The first-order chi connectivity index (χ1) is 9.58. The van der Waals surface area contributed by atoms with E-state index in [2.05, 4.69) is 28.0 Å². The summed E-state index contributed by atoms with van der Waals surface area (Å²) in [7, 11) is 0. The fourth-order valence-electron chi connectivity index (χ4n) is 2.42. The molecule has 0 radical (unpaired) electrons. The smallest absolute Gasteiger partial charge is 0.323 e. The maximum Gasteiger partial charge on any atom is 0.323 e. The van der Waals surface area contributed by atoms with Gasteiger partial charge in [-0.1, -0.05) is 6.92 Å². The maximum atomic E-state index is 11.3. The summed E-state index contributed by atoms with van der Waals surface area (Å²) in [5.41, 5.74) is 2.06. The average Bonchev–Trinajstić information content (AvgIpc) is 2.75. The second kappa shape index (κ2) is 6.69. The van der Waals surface area contributed by atoms with E-state index in [-0.39, 0.29) is 6.61 Å². The fourth-order valence-corrected chi connectivity index (χ4v) is 3.11. The van der Waals surface area contributed by atoms with Crippen LogP contribution in [0.1, 0.15) is 25.2 Å². The van der Waals surface area contributed by atoms with Gasteiger partial charge in [-0.25, -0.2) is 0 Å². The number of carboxylic acid groups (broad SMARTS) is 1. The molecule has 112 valence electrons. The lowest BCUT2D eigenvalue weighted by Gasteiger charge is -2.32. The van der Waals surface area contributed by atoms with Crippen molar-refractivity contribution in [2.75, 3.05) is 19.8 Å². The van der Waals surface area contributed by atoms with Gasteiger partial charge < -0.3 is 9.84 Å². The SMILES string of the molecule is CCc1nn(CC)c(CN2CCOCC2C(=O)O)c1Br. The number of halogens is 1. The van der Waals surface area contributed by atoms with Crippen LogP contribution in [0.25, 0.3) is 0 Å². The third-order valence-electron chi connectivity index (χ3n) is 3.57. The molecule has 0 saturated carbocycles. The number of rotatable bonds is 5. The molecule has 0 amide bonds. The monoisotopic (exact) mass is 345 g/mol. The van der Waals surface area contributed by atoms with E-state index in [1.165, 1.54) is 0 Å². The summed E-state index contributed by atoms with van der Waals surface area (Å²) in [6.07, 6.45) is 0.853. The van der Waals surface area contributed by atoms with Gasteiger partial charge in [0.25, 0.3) is 0 Å². The summed E-state index contributed by atoms with van der Waals surface area (Å²) < 4.78 is 8.21. The van der Waals surface area contributed by atoms with E-state index >= 15 is 0 Å². The van der Waals surface area contributed by atoms with E-state index in [4.69, 9.17) is 4.74 Å². The second-order valence-electron chi connectivity index (χ2n) is 4.78. The van der Waals surface area contributed by atoms with Crippen molar-refractivity contribution < 1.29 is 14.6 Å². The van der Waals surface area contributed by atoms with Crippen molar-refractivity contribution >= 4 is 21.9 Å². The minimum Gasteiger partial charge on any atom is -0.480 e. The van der Waals surface area contributed by atoms with Crippen LogP contribution in [0.5, 0.6) is 0 Å². The van der Waals surface area contributed by atoms with Crippen molar-refractivity contribution in [2.45, 2.75) is 39.4 Å². The largest absolute Gasteiger partial charge is 0.480 e. The number of hydrogen-bond donors (Lipinski definition) is 1. The molecule has 0 aliphatic carbocycles. The van der Waals surface area contributed by atoms with Gasteiger partial charge in [0.1, 0.15) is 6.04 Å². The van der Waals surface area contributed by atoms with Gasteiger partial charge in [-0.15, -0.1) is 0 Å². The predicted molar refractivity (Wildman–Crippen MR) is 77.6 cm³/mol. The molecule has 1 saturated heterocycles. The standard InChI is InChI=1S/C13H20BrN3O3/c1-3-9-12(14)10(17(4-2)15-9)7-16-5-6-20-8-11(16)13(18)19/h11H,3-8H2,1-2H3,(H,18,19). The first kappa shape index (κ1) is 15.5. The summed E-state index contributed by atoms with van der Waals surface area (Å²) in [5, 5.41) is 13.8. The zero-order valence-electron chi connectivity index (χ0n) is 11.8. The highest BCUT2D eigenvalue weighted by Gasteiger charge is 2.30. The molecule has 6 nitrogen and oxygen atoms in total. The fraction of sp³-hybridized carbons (Fsp3) is 0.692. The summed E-state index contributed by atoms with van der Waals surface area (Å²) in [5.74, 6) is -0.834. The molecule has 1 aromatic heterocycles. The number of hydrogen-bond acceptors (Lipinski definition) is 4. The summed E-state index contributed by atoms with van der Waals surface area (Å²) in [4.78, 5) is 13.2. The summed E-state index contributed by atoms with van der Waals surface area (Å²) in [6, 6.07) is -0.582. The molecular weight excluding hydrogens is 326 g/mol. The molecule has 1 unspecified atom stereocenters. The maximum absolute atomic E-state index is 11.3. The van der Waals surface area contributed by atoms with Crippen molar-refractivity contribution in [3.8, 4) is 0 Å². The Morgan fingerprint density at radius 2 is 2.30 bits per heavy atom. The van der Waals surface area contributed by atoms with Gasteiger partial charge in [0, 0.05) is 19.6 Å². The zero-order valence-corrected chi connectivity index (χ0v) is 13.4. The van der Waals surface area contributed by atoms with Crippen LogP contribution in [0, 0.1) is 0 Å². The Bertz CT molecular complexity index is 489. The van der Waals surface area contributed by atoms with Crippen molar-refractivity contribution in [2.24, 2.45) is 0 Å². The number of aromatic nitrogens is 2. The van der Waals surface area contributed by atoms with Gasteiger partial charge in [0.05, 0.1) is 29.1 Å². The normalized spacial score (nSPS) is 20.2. The van der Waals surface area contributed by atoms with E-state index in [9.17, 15) is 9.90 Å². The van der Waals surface area contributed by atoms with Crippen LogP contribution in [0.15, 0.2) is 4.47 Å². The molecule has 2 heterocycles. The highest BCUT2D eigenvalue weighted by Crippen LogP contribution is 2.25. The van der Waals surface area contributed by atoms with Crippen LogP contribution in [0.4, 0.5) is 0 Å². The number of carboxylic acids is 1. The third-order valence-corrected chi connectivity index (χ3v) is 4.49. The molecule has 20 heavy (non-hydrogen) atoms. The number of aryl methyl sites for hydroxylation is 2. The Morgan fingerprint density at radius 1 is 1.55 bits per heavy atom. The van der Waals surface area contributed by atoms with Gasteiger partial charge in [0.15, 0.2) is 0 Å². The summed E-state index contributed by atoms with van der Waals surface area (Å²) in [6.45, 7) is 6.88. The molecule has 1 aliphatic heterocycles.